The molecule has 0 spiro atoms. The van der Waals surface area contributed by atoms with E-state index in [0.29, 0.717) is 11.9 Å². The second-order valence-corrected chi connectivity index (χ2v) is 9.40. The molecule has 1 aliphatic carbocycles. The van der Waals surface area contributed by atoms with Crippen LogP contribution in [-0.2, 0) is 34.0 Å². The van der Waals surface area contributed by atoms with E-state index in [0.717, 1.165) is 27.2 Å². The molecule has 0 saturated heterocycles. The molecule has 184 valence electrons. The molecule has 10 nitrogen and oxygen atoms in total. The van der Waals surface area contributed by atoms with Crippen LogP contribution in [-0.4, -0.2) is 61.0 Å². The van der Waals surface area contributed by atoms with Crippen molar-refractivity contribution < 1.29 is 36.9 Å². The van der Waals surface area contributed by atoms with Gasteiger partial charge in [0.2, 0.25) is 5.91 Å². The van der Waals surface area contributed by atoms with Gasteiger partial charge in [0.1, 0.15) is 6.61 Å². The predicted molar refractivity (Wildman–Crippen MR) is 127 cm³/mol. The van der Waals surface area contributed by atoms with E-state index in [1.807, 2.05) is 42.5 Å². The first-order chi connectivity index (χ1) is 16.4. The van der Waals surface area contributed by atoms with Crippen molar-refractivity contribution in [3.8, 4) is 11.1 Å². The Morgan fingerprint density at radius 2 is 1.63 bits per heavy atom. The molecule has 11 heteroatoms. The minimum atomic E-state index is -3.67. The molecular formula is C24H24N2O8S. The van der Waals surface area contributed by atoms with Crippen molar-refractivity contribution in [1.82, 2.24) is 4.90 Å². The van der Waals surface area contributed by atoms with Crippen LogP contribution in [0.3, 0.4) is 0 Å². The Labute approximate surface area is 202 Å². The highest BCUT2D eigenvalue weighted by Gasteiger charge is 2.30. The lowest BCUT2D eigenvalue weighted by atomic mass is 9.97. The van der Waals surface area contributed by atoms with Crippen molar-refractivity contribution in [2.24, 2.45) is 0 Å². The number of nitrogens with one attached hydrogen (secondary N) is 1. The third kappa shape index (κ3) is 6.84. The third-order valence-electron chi connectivity index (χ3n) is 5.25. The molecule has 1 unspecified atom stereocenters. The number of carbonyl (C=O) groups is 4. The lowest BCUT2D eigenvalue weighted by molar-refractivity contribution is -0.141. The van der Waals surface area contributed by atoms with Crippen molar-refractivity contribution in [2.75, 3.05) is 24.7 Å². The Kier molecular flexibility index (Phi) is 7.82. The second-order valence-electron chi connectivity index (χ2n) is 7.94. The number of ether oxygens (including phenoxy) is 1. The molecule has 2 N–H and O–H groups in total. The number of hydrogen-bond acceptors (Lipinski definition) is 7. The average molecular weight is 501 g/mol. The second kappa shape index (κ2) is 10.6. The molecule has 2 aromatic carbocycles. The molecule has 2 aliphatic rings. The fraction of sp³-hybridized carbons (Fsp3) is 0.250. The first-order valence-electron chi connectivity index (χ1n) is 10.6. The minimum Gasteiger partial charge on any atom is -0.465 e. The molecule has 0 saturated carbocycles. The lowest BCUT2D eigenvalue weighted by Gasteiger charge is -2.15. The van der Waals surface area contributed by atoms with Crippen molar-refractivity contribution in [1.29, 1.82) is 0 Å². The number of hydrogen-bond donors (Lipinski definition) is 2. The number of carbonyl (C=O) groups excluding carboxylic acids is 4. The van der Waals surface area contributed by atoms with Gasteiger partial charge < -0.3 is 10.1 Å². The SMILES string of the molecule is CC(=O)OCC1c2ccccc2-c2ccc(NC(=O)CCN3C(=O)C=CC3=O)cc21.CS(=O)(=O)O. The summed E-state index contributed by atoms with van der Waals surface area (Å²) < 4.78 is 31.1. The zero-order valence-corrected chi connectivity index (χ0v) is 19.9. The van der Waals surface area contributed by atoms with Crippen LogP contribution in [0, 0.1) is 0 Å². The zero-order chi connectivity index (χ0) is 25.8. The maximum absolute atomic E-state index is 12.3. The highest BCUT2D eigenvalue weighted by molar-refractivity contribution is 7.85. The largest absolute Gasteiger partial charge is 0.465 e. The summed E-state index contributed by atoms with van der Waals surface area (Å²) in [5.41, 5.74) is 4.79. The van der Waals surface area contributed by atoms with E-state index in [4.69, 9.17) is 9.29 Å². The molecule has 1 heterocycles. The molecule has 1 atom stereocenters. The summed E-state index contributed by atoms with van der Waals surface area (Å²) in [7, 11) is -3.67. The van der Waals surface area contributed by atoms with Crippen LogP contribution >= 0.6 is 0 Å². The fourth-order valence-corrected chi connectivity index (χ4v) is 3.86. The summed E-state index contributed by atoms with van der Waals surface area (Å²) in [6, 6.07) is 13.6. The highest BCUT2D eigenvalue weighted by atomic mass is 32.2. The van der Waals surface area contributed by atoms with E-state index in [9.17, 15) is 27.6 Å². The Bertz CT molecular complexity index is 1290. The first kappa shape index (κ1) is 25.8. The quantitative estimate of drug-likeness (QED) is 0.348. The van der Waals surface area contributed by atoms with Crippen LogP contribution in [0.4, 0.5) is 5.69 Å². The Morgan fingerprint density at radius 3 is 2.26 bits per heavy atom. The summed E-state index contributed by atoms with van der Waals surface area (Å²) in [5, 5.41) is 2.82. The monoisotopic (exact) mass is 500 g/mol. The van der Waals surface area contributed by atoms with Gasteiger partial charge in [-0.1, -0.05) is 30.3 Å². The van der Waals surface area contributed by atoms with Gasteiger partial charge in [-0.3, -0.25) is 28.6 Å². The Balaban J connectivity index is 0.000000623. The number of amides is 3. The van der Waals surface area contributed by atoms with Gasteiger partial charge in [0.05, 0.1) is 6.26 Å². The van der Waals surface area contributed by atoms with Gasteiger partial charge in [-0.15, -0.1) is 0 Å². The summed E-state index contributed by atoms with van der Waals surface area (Å²) in [4.78, 5) is 47.9. The van der Waals surface area contributed by atoms with E-state index in [2.05, 4.69) is 5.32 Å². The van der Waals surface area contributed by atoms with E-state index in [1.54, 1.807) is 0 Å². The molecule has 0 bridgehead atoms. The topological polar surface area (TPSA) is 147 Å². The predicted octanol–water partition coefficient (Wildman–Crippen LogP) is 2.12. The van der Waals surface area contributed by atoms with Gasteiger partial charge in [0.25, 0.3) is 21.9 Å². The van der Waals surface area contributed by atoms with Crippen molar-refractivity contribution in [3.63, 3.8) is 0 Å². The standard InChI is InChI=1S/C23H20N2O5.CH4O3S/c1-14(26)30-13-20-17-5-3-2-4-16(17)18-7-6-15(12-19(18)20)24-21(27)10-11-25-22(28)8-9-23(25)29;1-5(2,3)4/h2-9,12,20H,10-11,13H2,1H3,(H,24,27);1H3,(H,2,3,4). The smallest absolute Gasteiger partial charge is 0.302 e. The van der Waals surface area contributed by atoms with Crippen LogP contribution in [0.2, 0.25) is 0 Å². The van der Waals surface area contributed by atoms with E-state index < -0.39 is 21.9 Å². The van der Waals surface area contributed by atoms with Crippen molar-refractivity contribution in [3.05, 3.63) is 65.7 Å². The highest BCUT2D eigenvalue weighted by Crippen LogP contribution is 2.45. The van der Waals surface area contributed by atoms with E-state index >= 15 is 0 Å². The van der Waals surface area contributed by atoms with Crippen molar-refractivity contribution >= 4 is 39.5 Å². The van der Waals surface area contributed by atoms with Gasteiger partial charge in [-0.05, 0) is 34.4 Å². The Morgan fingerprint density at radius 1 is 1.03 bits per heavy atom. The van der Waals surface area contributed by atoms with Gasteiger partial charge in [-0.25, -0.2) is 0 Å². The number of benzene rings is 2. The molecule has 3 amide bonds. The summed E-state index contributed by atoms with van der Waals surface area (Å²) in [5.74, 6) is -1.56. The Hall–Kier alpha value is -3.83. The van der Waals surface area contributed by atoms with Gasteiger partial charge in [0, 0.05) is 43.6 Å². The van der Waals surface area contributed by atoms with Gasteiger partial charge in [0.15, 0.2) is 0 Å². The molecule has 0 aromatic heterocycles. The number of rotatable bonds is 6. The summed E-state index contributed by atoms with van der Waals surface area (Å²) in [6.07, 6.45) is 3.11. The van der Waals surface area contributed by atoms with Crippen LogP contribution < -0.4 is 5.32 Å². The molecule has 1 aliphatic heterocycles. The van der Waals surface area contributed by atoms with Crippen LogP contribution in [0.25, 0.3) is 11.1 Å². The van der Waals surface area contributed by atoms with Crippen LogP contribution in [0.15, 0.2) is 54.6 Å². The maximum Gasteiger partial charge on any atom is 0.302 e. The number of imide groups is 1. The molecule has 0 fully saturated rings. The molecule has 0 radical (unpaired) electrons. The van der Waals surface area contributed by atoms with Crippen LogP contribution in [0.5, 0.6) is 0 Å². The van der Waals surface area contributed by atoms with Crippen LogP contribution in [0.1, 0.15) is 30.4 Å². The van der Waals surface area contributed by atoms with E-state index in [-0.39, 0.29) is 37.4 Å². The van der Waals surface area contributed by atoms with Gasteiger partial charge in [-0.2, -0.15) is 8.42 Å². The number of nitrogens with zero attached hydrogens (tertiary/aromatic N) is 1. The summed E-state index contributed by atoms with van der Waals surface area (Å²) >= 11 is 0. The molecule has 35 heavy (non-hydrogen) atoms. The molecule has 4 rings (SSSR count). The first-order valence-corrected chi connectivity index (χ1v) is 12.4. The molecular weight excluding hydrogens is 476 g/mol. The fourth-order valence-electron chi connectivity index (χ4n) is 3.86. The minimum absolute atomic E-state index is 0.00729. The van der Waals surface area contributed by atoms with Gasteiger partial charge >= 0.3 is 5.97 Å². The molecule has 2 aromatic rings. The number of esters is 1. The van der Waals surface area contributed by atoms with Crippen molar-refractivity contribution in [2.45, 2.75) is 19.3 Å². The number of fused-ring (bicyclic) bond motifs is 3. The third-order valence-corrected chi connectivity index (χ3v) is 5.25. The average Bonchev–Trinajstić information content (AvgIpc) is 3.25. The number of anilines is 1. The summed E-state index contributed by atoms with van der Waals surface area (Å²) in [6.45, 7) is 1.63. The van der Waals surface area contributed by atoms with E-state index in [1.165, 1.54) is 19.1 Å². The maximum atomic E-state index is 12.3. The lowest BCUT2D eigenvalue weighted by Crippen LogP contribution is -2.33. The zero-order valence-electron chi connectivity index (χ0n) is 19.1. The normalized spacial score (nSPS) is 15.7.